The summed E-state index contributed by atoms with van der Waals surface area (Å²) in [5.41, 5.74) is 12.1. The third kappa shape index (κ3) is 14.7. The standard InChI is InChI=1S/C31H52N6O8/c1-17(2)14-22(33)27(40)37-26(19(5)38)30(43)35-24(15-18(3)4)29(42)34-23(8-6-7-13-32)28(41)36-25(31(44)45)16-20-9-11-21(39)12-10-20/h9-12,17-19,22-26,38-39H,6-8,13-16,32-33H2,1-5H3,(H,34,42)(H,35,43)(H,36,41)(H,37,40)(H,44,45)/t19-,22+,23+,24+,25+,26+/m1/s1. The third-order valence-electron chi connectivity index (χ3n) is 7.04. The summed E-state index contributed by atoms with van der Waals surface area (Å²) >= 11 is 0. The second-order valence-electron chi connectivity index (χ2n) is 12.3. The maximum absolute atomic E-state index is 13.5. The highest BCUT2D eigenvalue weighted by atomic mass is 16.4. The molecule has 0 radical (unpaired) electrons. The van der Waals surface area contributed by atoms with Crippen LogP contribution in [0.1, 0.15) is 72.3 Å². The molecule has 0 spiro atoms. The van der Waals surface area contributed by atoms with Crippen LogP contribution < -0.4 is 32.7 Å². The average molecular weight is 637 g/mol. The van der Waals surface area contributed by atoms with Gasteiger partial charge in [-0.2, -0.15) is 0 Å². The van der Waals surface area contributed by atoms with Gasteiger partial charge in [0.2, 0.25) is 23.6 Å². The zero-order valence-corrected chi connectivity index (χ0v) is 26.9. The van der Waals surface area contributed by atoms with Gasteiger partial charge in [-0.3, -0.25) is 19.2 Å². The molecule has 0 aromatic heterocycles. The first-order chi connectivity index (χ1) is 21.0. The molecule has 1 aromatic rings. The molecule has 0 unspecified atom stereocenters. The van der Waals surface area contributed by atoms with Crippen LogP contribution in [0, 0.1) is 11.8 Å². The number of aromatic hydroxyl groups is 1. The van der Waals surface area contributed by atoms with Crippen molar-refractivity contribution in [2.45, 2.75) is 109 Å². The number of amides is 4. The van der Waals surface area contributed by atoms with Crippen molar-refractivity contribution in [3.05, 3.63) is 29.8 Å². The lowest BCUT2D eigenvalue weighted by atomic mass is 10.00. The van der Waals surface area contributed by atoms with Gasteiger partial charge in [0.05, 0.1) is 12.1 Å². The van der Waals surface area contributed by atoms with E-state index in [0.29, 0.717) is 31.4 Å². The number of hydrogen-bond acceptors (Lipinski definition) is 9. The smallest absolute Gasteiger partial charge is 0.326 e. The summed E-state index contributed by atoms with van der Waals surface area (Å²) in [6.45, 7) is 9.12. The quantitative estimate of drug-likeness (QED) is 0.0859. The number of hydrogen-bond donors (Lipinski definition) is 9. The summed E-state index contributed by atoms with van der Waals surface area (Å²) in [5, 5.41) is 39.7. The van der Waals surface area contributed by atoms with E-state index in [2.05, 4.69) is 21.3 Å². The van der Waals surface area contributed by atoms with E-state index in [4.69, 9.17) is 11.5 Å². The Balaban J connectivity index is 3.13. The molecule has 0 saturated carbocycles. The number of aliphatic hydroxyl groups excluding tert-OH is 1. The highest BCUT2D eigenvalue weighted by Gasteiger charge is 2.33. The minimum Gasteiger partial charge on any atom is -0.508 e. The molecule has 14 nitrogen and oxygen atoms in total. The first-order valence-corrected chi connectivity index (χ1v) is 15.4. The van der Waals surface area contributed by atoms with Crippen LogP contribution in [-0.4, -0.2) is 87.8 Å². The number of phenols is 1. The molecular weight excluding hydrogens is 584 g/mol. The number of carboxylic acids is 1. The molecule has 0 aliphatic carbocycles. The molecule has 1 aromatic carbocycles. The minimum absolute atomic E-state index is 0.0113. The fraction of sp³-hybridized carbons (Fsp3) is 0.645. The van der Waals surface area contributed by atoms with Crippen LogP contribution in [0.25, 0.3) is 0 Å². The number of phenolic OH excluding ortho intramolecular Hbond substituents is 1. The predicted octanol–water partition coefficient (Wildman–Crippen LogP) is -0.112. The van der Waals surface area contributed by atoms with Gasteiger partial charge < -0.3 is 48.1 Å². The number of aliphatic hydroxyl groups is 1. The van der Waals surface area contributed by atoms with Gasteiger partial charge in [0, 0.05) is 6.42 Å². The van der Waals surface area contributed by atoms with Crippen molar-refractivity contribution in [1.82, 2.24) is 21.3 Å². The van der Waals surface area contributed by atoms with Gasteiger partial charge in [0.15, 0.2) is 0 Å². The van der Waals surface area contributed by atoms with Crippen molar-refractivity contribution in [2.24, 2.45) is 23.3 Å². The number of carbonyl (C=O) groups excluding carboxylic acids is 4. The van der Waals surface area contributed by atoms with Crippen molar-refractivity contribution < 1.29 is 39.3 Å². The van der Waals surface area contributed by atoms with Crippen LogP contribution in [0.3, 0.4) is 0 Å². The fourth-order valence-electron chi connectivity index (χ4n) is 4.62. The lowest BCUT2D eigenvalue weighted by molar-refractivity contribution is -0.142. The summed E-state index contributed by atoms with van der Waals surface area (Å²) < 4.78 is 0. The molecule has 0 heterocycles. The van der Waals surface area contributed by atoms with E-state index in [1.54, 1.807) is 0 Å². The second-order valence-corrected chi connectivity index (χ2v) is 12.3. The second kappa shape index (κ2) is 19.6. The summed E-state index contributed by atoms with van der Waals surface area (Å²) in [6, 6.07) is 0.0000140. The summed E-state index contributed by atoms with van der Waals surface area (Å²) in [5.74, 6) is -4.07. The number of rotatable bonds is 20. The van der Waals surface area contributed by atoms with Gasteiger partial charge in [-0.05, 0) is 75.1 Å². The first-order valence-electron chi connectivity index (χ1n) is 15.4. The SMILES string of the molecule is CC(C)C[C@H](NC(=O)[C@@H](NC(=O)[C@@H](N)CC(C)C)[C@@H](C)O)C(=O)N[C@@H](CCCCN)C(=O)N[C@@H](Cc1ccc(O)cc1)C(=O)O. The van der Waals surface area contributed by atoms with Crippen molar-refractivity contribution in [1.29, 1.82) is 0 Å². The van der Waals surface area contributed by atoms with E-state index >= 15 is 0 Å². The Morgan fingerprint density at radius 3 is 1.78 bits per heavy atom. The molecule has 0 aliphatic heterocycles. The minimum atomic E-state index is -1.39. The number of nitrogens with two attached hydrogens (primary N) is 2. The van der Waals surface area contributed by atoms with E-state index in [1.165, 1.54) is 31.2 Å². The van der Waals surface area contributed by atoms with Crippen LogP contribution in [0.4, 0.5) is 0 Å². The number of benzene rings is 1. The zero-order chi connectivity index (χ0) is 34.3. The Labute approximate surface area is 265 Å². The Morgan fingerprint density at radius 1 is 0.733 bits per heavy atom. The lowest BCUT2D eigenvalue weighted by Gasteiger charge is -2.28. The molecule has 0 saturated heterocycles. The monoisotopic (exact) mass is 636 g/mol. The van der Waals surface area contributed by atoms with E-state index in [0.717, 1.165) is 0 Å². The predicted molar refractivity (Wildman–Crippen MR) is 169 cm³/mol. The molecule has 4 amide bonds. The largest absolute Gasteiger partial charge is 0.508 e. The molecular formula is C31H52N6O8. The summed E-state index contributed by atoms with van der Waals surface area (Å²) in [7, 11) is 0. The fourth-order valence-corrected chi connectivity index (χ4v) is 4.62. The van der Waals surface area contributed by atoms with Crippen LogP contribution in [0.5, 0.6) is 5.75 Å². The van der Waals surface area contributed by atoms with E-state index in [1.807, 2.05) is 27.7 Å². The number of carboxylic acid groups (broad SMARTS) is 1. The van der Waals surface area contributed by atoms with Crippen molar-refractivity contribution >= 4 is 29.6 Å². The number of carbonyl (C=O) groups is 5. The normalized spacial score (nSPS) is 15.3. The molecule has 6 atom stereocenters. The van der Waals surface area contributed by atoms with Gasteiger partial charge in [-0.15, -0.1) is 0 Å². The van der Waals surface area contributed by atoms with E-state index in [9.17, 15) is 39.3 Å². The maximum atomic E-state index is 13.5. The van der Waals surface area contributed by atoms with Gasteiger partial charge in [-0.1, -0.05) is 39.8 Å². The number of nitrogens with one attached hydrogen (secondary N) is 4. The highest BCUT2D eigenvalue weighted by Crippen LogP contribution is 2.13. The van der Waals surface area contributed by atoms with Crippen LogP contribution in [-0.2, 0) is 30.4 Å². The Kier molecular flexibility index (Phi) is 17.1. The Hall–Kier alpha value is -3.75. The molecule has 0 bridgehead atoms. The molecule has 254 valence electrons. The third-order valence-corrected chi connectivity index (χ3v) is 7.04. The molecule has 1 rings (SSSR count). The zero-order valence-electron chi connectivity index (χ0n) is 26.9. The first kappa shape index (κ1) is 39.3. The number of unbranched alkanes of at least 4 members (excludes halogenated alkanes) is 1. The number of aliphatic carboxylic acids is 1. The van der Waals surface area contributed by atoms with Gasteiger partial charge >= 0.3 is 5.97 Å². The van der Waals surface area contributed by atoms with Gasteiger partial charge in [0.25, 0.3) is 0 Å². The van der Waals surface area contributed by atoms with Crippen molar-refractivity contribution in [2.75, 3.05) is 6.54 Å². The Bertz CT molecular complexity index is 1110. The van der Waals surface area contributed by atoms with E-state index < -0.39 is 65.9 Å². The molecule has 0 fully saturated rings. The van der Waals surface area contributed by atoms with E-state index in [-0.39, 0.29) is 36.8 Å². The molecule has 11 N–H and O–H groups in total. The summed E-state index contributed by atoms with van der Waals surface area (Å²) in [4.78, 5) is 64.6. The van der Waals surface area contributed by atoms with Crippen LogP contribution >= 0.6 is 0 Å². The molecule has 45 heavy (non-hydrogen) atoms. The van der Waals surface area contributed by atoms with Crippen LogP contribution in [0.15, 0.2) is 24.3 Å². The van der Waals surface area contributed by atoms with Gasteiger partial charge in [0.1, 0.15) is 29.9 Å². The Morgan fingerprint density at radius 2 is 1.27 bits per heavy atom. The van der Waals surface area contributed by atoms with Crippen molar-refractivity contribution in [3.8, 4) is 5.75 Å². The molecule has 0 aliphatic rings. The summed E-state index contributed by atoms with van der Waals surface area (Å²) in [6.07, 6.45) is 0.325. The highest BCUT2D eigenvalue weighted by molar-refractivity contribution is 5.95. The molecule has 14 heteroatoms. The average Bonchev–Trinajstić information content (AvgIpc) is 2.94. The maximum Gasteiger partial charge on any atom is 0.326 e. The van der Waals surface area contributed by atoms with Gasteiger partial charge in [-0.25, -0.2) is 4.79 Å². The van der Waals surface area contributed by atoms with Crippen LogP contribution in [0.2, 0.25) is 0 Å². The lowest BCUT2D eigenvalue weighted by Crippen LogP contribution is -2.60. The topological polar surface area (TPSA) is 246 Å². The van der Waals surface area contributed by atoms with Crippen molar-refractivity contribution in [3.63, 3.8) is 0 Å².